The van der Waals surface area contributed by atoms with Crippen LogP contribution in [0.4, 0.5) is 0 Å². The maximum Gasteiger partial charge on any atom is 0.113 e. The molecule has 106 valence electrons. The average molecular weight is 278 g/mol. The standard InChI is InChI=1S/C16H26N2S/c1-11-8-12(2)10-16(9-11,17-3)15-18-13-6-4-5-7-14(13)19-15/h11-12,17H,4-10H2,1-3H3. The van der Waals surface area contributed by atoms with E-state index in [0.29, 0.717) is 0 Å². The molecule has 3 rings (SSSR count). The molecule has 3 heteroatoms. The first-order valence-electron chi connectivity index (χ1n) is 7.81. The van der Waals surface area contributed by atoms with Gasteiger partial charge in [-0.25, -0.2) is 4.98 Å². The fourth-order valence-corrected chi connectivity index (χ4v) is 5.53. The van der Waals surface area contributed by atoms with Gasteiger partial charge in [-0.05, 0) is 63.8 Å². The summed E-state index contributed by atoms with van der Waals surface area (Å²) in [5, 5.41) is 5.03. The molecule has 19 heavy (non-hydrogen) atoms. The van der Waals surface area contributed by atoms with Crippen molar-refractivity contribution in [2.24, 2.45) is 11.8 Å². The monoisotopic (exact) mass is 278 g/mol. The first-order chi connectivity index (χ1) is 9.13. The Kier molecular flexibility index (Phi) is 3.69. The summed E-state index contributed by atoms with van der Waals surface area (Å²) in [6.07, 6.45) is 9.02. The van der Waals surface area contributed by atoms with Crippen molar-refractivity contribution >= 4 is 11.3 Å². The first-order valence-corrected chi connectivity index (χ1v) is 8.62. The van der Waals surface area contributed by atoms with Crippen LogP contribution in [0.15, 0.2) is 0 Å². The van der Waals surface area contributed by atoms with E-state index in [2.05, 4.69) is 26.2 Å². The predicted molar refractivity (Wildman–Crippen MR) is 81.7 cm³/mol. The molecule has 1 heterocycles. The van der Waals surface area contributed by atoms with Crippen LogP contribution in [0.1, 0.15) is 61.5 Å². The Morgan fingerprint density at radius 2 is 1.84 bits per heavy atom. The van der Waals surface area contributed by atoms with Gasteiger partial charge in [-0.3, -0.25) is 0 Å². The predicted octanol–water partition coefficient (Wildman–Crippen LogP) is 3.89. The Morgan fingerprint density at radius 3 is 2.47 bits per heavy atom. The van der Waals surface area contributed by atoms with Crippen LogP contribution in [0, 0.1) is 11.8 Å². The summed E-state index contributed by atoms with van der Waals surface area (Å²) in [5.41, 5.74) is 1.56. The Labute approximate surface area is 121 Å². The Morgan fingerprint density at radius 1 is 1.16 bits per heavy atom. The number of thiazole rings is 1. The summed E-state index contributed by atoms with van der Waals surface area (Å²) in [6, 6.07) is 0. The minimum Gasteiger partial charge on any atom is -0.308 e. The molecule has 1 N–H and O–H groups in total. The van der Waals surface area contributed by atoms with E-state index in [4.69, 9.17) is 4.98 Å². The zero-order valence-corrected chi connectivity index (χ0v) is 13.3. The second-order valence-corrected chi connectivity index (χ2v) is 7.87. The molecule has 0 spiro atoms. The lowest BCUT2D eigenvalue weighted by Crippen LogP contribution is -2.45. The fraction of sp³-hybridized carbons (Fsp3) is 0.812. The van der Waals surface area contributed by atoms with E-state index in [0.717, 1.165) is 11.8 Å². The molecule has 2 atom stereocenters. The van der Waals surface area contributed by atoms with Gasteiger partial charge >= 0.3 is 0 Å². The number of nitrogens with zero attached hydrogens (tertiary/aromatic N) is 1. The lowest BCUT2D eigenvalue weighted by Gasteiger charge is -2.41. The lowest BCUT2D eigenvalue weighted by molar-refractivity contribution is 0.152. The topological polar surface area (TPSA) is 24.9 Å². The number of hydrogen-bond acceptors (Lipinski definition) is 3. The van der Waals surface area contributed by atoms with Gasteiger partial charge in [0.2, 0.25) is 0 Å². The SMILES string of the molecule is CNC1(c2nc3c(s2)CCCC3)CC(C)CC(C)C1. The summed E-state index contributed by atoms with van der Waals surface area (Å²) < 4.78 is 0. The Bertz CT molecular complexity index is 418. The number of fused-ring (bicyclic) bond motifs is 1. The van der Waals surface area contributed by atoms with E-state index in [1.807, 2.05) is 11.3 Å². The molecule has 0 aliphatic heterocycles. The molecule has 0 aromatic carbocycles. The van der Waals surface area contributed by atoms with E-state index in [1.165, 1.54) is 55.6 Å². The van der Waals surface area contributed by atoms with Gasteiger partial charge in [-0.15, -0.1) is 11.3 Å². The number of aryl methyl sites for hydroxylation is 2. The van der Waals surface area contributed by atoms with Crippen LogP contribution in [0.25, 0.3) is 0 Å². The van der Waals surface area contributed by atoms with E-state index < -0.39 is 0 Å². The summed E-state index contributed by atoms with van der Waals surface area (Å²) in [6.45, 7) is 4.80. The van der Waals surface area contributed by atoms with Crippen LogP contribution in [-0.4, -0.2) is 12.0 Å². The molecule has 2 unspecified atom stereocenters. The maximum atomic E-state index is 5.04. The van der Waals surface area contributed by atoms with Gasteiger partial charge in [0.15, 0.2) is 0 Å². The van der Waals surface area contributed by atoms with Crippen LogP contribution in [0.5, 0.6) is 0 Å². The molecule has 0 amide bonds. The van der Waals surface area contributed by atoms with Gasteiger partial charge in [0.05, 0.1) is 11.2 Å². The van der Waals surface area contributed by atoms with Crippen LogP contribution >= 0.6 is 11.3 Å². The van der Waals surface area contributed by atoms with Gasteiger partial charge in [0.25, 0.3) is 0 Å². The molecule has 2 aliphatic carbocycles. The second-order valence-electron chi connectivity index (χ2n) is 6.78. The minimum absolute atomic E-state index is 0.152. The summed E-state index contributed by atoms with van der Waals surface area (Å²) in [4.78, 5) is 6.61. The molecule has 2 nitrogen and oxygen atoms in total. The third-order valence-corrected chi connectivity index (χ3v) is 6.29. The molecule has 1 aromatic rings. The highest BCUT2D eigenvalue weighted by atomic mass is 32.1. The molecule has 1 aromatic heterocycles. The van der Waals surface area contributed by atoms with Gasteiger partial charge in [-0.1, -0.05) is 13.8 Å². The number of nitrogens with one attached hydrogen (secondary N) is 1. The minimum atomic E-state index is 0.152. The molecule has 1 saturated carbocycles. The van der Waals surface area contributed by atoms with E-state index in [9.17, 15) is 0 Å². The van der Waals surface area contributed by atoms with Crippen molar-refractivity contribution < 1.29 is 0 Å². The first kappa shape index (κ1) is 13.6. The van der Waals surface area contributed by atoms with Gasteiger partial charge in [-0.2, -0.15) is 0 Å². The summed E-state index contributed by atoms with van der Waals surface area (Å²) in [7, 11) is 2.13. The maximum absolute atomic E-state index is 5.04. The van der Waals surface area contributed by atoms with Crippen molar-refractivity contribution in [3.05, 3.63) is 15.6 Å². The molecule has 1 fully saturated rings. The zero-order valence-electron chi connectivity index (χ0n) is 12.5. The van der Waals surface area contributed by atoms with Crippen molar-refractivity contribution in [2.45, 2.75) is 64.3 Å². The van der Waals surface area contributed by atoms with Crippen molar-refractivity contribution in [3.63, 3.8) is 0 Å². The van der Waals surface area contributed by atoms with E-state index >= 15 is 0 Å². The molecular formula is C16H26N2S. The van der Waals surface area contributed by atoms with Crippen LogP contribution in [0.3, 0.4) is 0 Å². The van der Waals surface area contributed by atoms with Crippen molar-refractivity contribution in [3.8, 4) is 0 Å². The quantitative estimate of drug-likeness (QED) is 0.887. The van der Waals surface area contributed by atoms with Crippen molar-refractivity contribution in [1.29, 1.82) is 0 Å². The number of aromatic nitrogens is 1. The second kappa shape index (κ2) is 5.17. The number of rotatable bonds is 2. The van der Waals surface area contributed by atoms with Gasteiger partial charge in [0.1, 0.15) is 5.01 Å². The zero-order chi connectivity index (χ0) is 13.5. The fourth-order valence-electron chi connectivity index (χ4n) is 4.17. The highest BCUT2D eigenvalue weighted by molar-refractivity contribution is 7.11. The van der Waals surface area contributed by atoms with E-state index in [-0.39, 0.29) is 5.54 Å². The molecule has 0 radical (unpaired) electrons. The average Bonchev–Trinajstić information content (AvgIpc) is 2.81. The van der Waals surface area contributed by atoms with Crippen molar-refractivity contribution in [1.82, 2.24) is 10.3 Å². The Hall–Kier alpha value is -0.410. The summed E-state index contributed by atoms with van der Waals surface area (Å²) >= 11 is 2.00. The number of hydrogen-bond donors (Lipinski definition) is 1. The third kappa shape index (κ3) is 2.47. The van der Waals surface area contributed by atoms with Crippen molar-refractivity contribution in [2.75, 3.05) is 7.05 Å². The van der Waals surface area contributed by atoms with Crippen LogP contribution in [0.2, 0.25) is 0 Å². The van der Waals surface area contributed by atoms with Gasteiger partial charge in [0, 0.05) is 4.88 Å². The molecular weight excluding hydrogens is 252 g/mol. The molecule has 2 aliphatic rings. The normalized spacial score (nSPS) is 35.1. The van der Waals surface area contributed by atoms with Crippen LogP contribution < -0.4 is 5.32 Å². The Balaban J connectivity index is 1.94. The van der Waals surface area contributed by atoms with Gasteiger partial charge < -0.3 is 5.32 Å². The summed E-state index contributed by atoms with van der Waals surface area (Å²) in [5.74, 6) is 1.61. The van der Waals surface area contributed by atoms with Crippen LogP contribution in [-0.2, 0) is 18.4 Å². The largest absolute Gasteiger partial charge is 0.308 e. The molecule has 0 saturated heterocycles. The molecule has 0 bridgehead atoms. The highest BCUT2D eigenvalue weighted by Crippen LogP contribution is 2.44. The smallest absolute Gasteiger partial charge is 0.113 e. The lowest BCUT2D eigenvalue weighted by atomic mass is 9.72. The third-order valence-electron chi connectivity index (χ3n) is 4.93. The highest BCUT2D eigenvalue weighted by Gasteiger charge is 2.41. The van der Waals surface area contributed by atoms with E-state index in [1.54, 1.807) is 4.88 Å².